The van der Waals surface area contributed by atoms with E-state index in [1.54, 1.807) is 11.6 Å². The van der Waals surface area contributed by atoms with Crippen LogP contribution in [0.3, 0.4) is 0 Å². The number of benzene rings is 2. The summed E-state index contributed by atoms with van der Waals surface area (Å²) >= 11 is 0. The van der Waals surface area contributed by atoms with Crippen molar-refractivity contribution in [1.29, 1.82) is 0 Å². The number of nitrogens with zero attached hydrogens (tertiary/aromatic N) is 2. The van der Waals surface area contributed by atoms with Crippen molar-refractivity contribution in [1.82, 2.24) is 15.1 Å². The van der Waals surface area contributed by atoms with E-state index in [2.05, 4.69) is 16.5 Å². The van der Waals surface area contributed by atoms with E-state index in [1.807, 2.05) is 63.2 Å². The van der Waals surface area contributed by atoms with E-state index in [9.17, 15) is 9.59 Å². The molecule has 2 atom stereocenters. The van der Waals surface area contributed by atoms with Gasteiger partial charge in [0.15, 0.2) is 5.78 Å². The molecular formula is C25H27N3O3. The second-order valence-corrected chi connectivity index (χ2v) is 8.16. The molecule has 6 nitrogen and oxygen atoms in total. The molecular weight excluding hydrogens is 390 g/mol. The fourth-order valence-corrected chi connectivity index (χ4v) is 4.16. The zero-order valence-electron chi connectivity index (χ0n) is 18.3. The molecule has 6 heteroatoms. The van der Waals surface area contributed by atoms with E-state index in [-0.39, 0.29) is 23.8 Å². The van der Waals surface area contributed by atoms with Gasteiger partial charge in [0.05, 0.1) is 12.2 Å². The molecule has 2 aromatic carbocycles. The Hall–Kier alpha value is -3.41. The molecule has 0 aliphatic carbocycles. The Morgan fingerprint density at radius 3 is 2.68 bits per heavy atom. The summed E-state index contributed by atoms with van der Waals surface area (Å²) in [4.78, 5) is 24.6. The lowest BCUT2D eigenvalue weighted by Gasteiger charge is -2.17. The molecule has 0 saturated carbocycles. The number of carbonyl (C=O) groups is 2. The fourth-order valence-electron chi connectivity index (χ4n) is 4.16. The summed E-state index contributed by atoms with van der Waals surface area (Å²) < 4.78 is 7.78. The normalized spacial score (nSPS) is 15.8. The lowest BCUT2D eigenvalue weighted by Crippen LogP contribution is -2.38. The molecule has 1 aliphatic heterocycles. The Labute approximate surface area is 182 Å². The fraction of sp³-hybridized carbons (Fsp3) is 0.320. The van der Waals surface area contributed by atoms with Gasteiger partial charge in [-0.25, -0.2) is 0 Å². The number of carbonyl (C=O) groups excluding carboxylic acids is 2. The largest absolute Gasteiger partial charge is 0.488 e. The van der Waals surface area contributed by atoms with Crippen LogP contribution in [0.4, 0.5) is 0 Å². The molecule has 160 valence electrons. The second-order valence-electron chi connectivity index (χ2n) is 8.16. The molecule has 3 aromatic rings. The molecule has 0 unspecified atom stereocenters. The van der Waals surface area contributed by atoms with Crippen LogP contribution in [-0.4, -0.2) is 34.1 Å². The number of amides is 1. The molecule has 1 aliphatic rings. The van der Waals surface area contributed by atoms with Crippen LogP contribution in [0.15, 0.2) is 48.5 Å². The van der Waals surface area contributed by atoms with Crippen LogP contribution in [-0.2, 0) is 11.2 Å². The van der Waals surface area contributed by atoms with E-state index in [4.69, 9.17) is 4.74 Å². The number of aryl methyl sites for hydroxylation is 2. The van der Waals surface area contributed by atoms with Gasteiger partial charge in [0, 0.05) is 17.7 Å². The molecule has 2 heterocycles. The van der Waals surface area contributed by atoms with E-state index in [1.165, 1.54) is 0 Å². The number of aromatic nitrogens is 2. The van der Waals surface area contributed by atoms with Crippen molar-refractivity contribution in [3.63, 3.8) is 0 Å². The van der Waals surface area contributed by atoms with Gasteiger partial charge in [-0.05, 0) is 62.6 Å². The van der Waals surface area contributed by atoms with E-state index in [0.717, 1.165) is 33.8 Å². The maximum Gasteiger partial charge on any atom is 0.244 e. The van der Waals surface area contributed by atoms with E-state index in [0.29, 0.717) is 18.5 Å². The standard InChI is InChI=1S/C25H27N3O3/c1-15-11-16(2)28(27-15)17(3)25(30)26-14-21-13-20-12-19(9-10-24(20)31-21)23-8-6-5-7-22(23)18(4)29/h5-12,17,21H,13-14H2,1-4H3,(H,26,30)/t17-,21-/m1/s1. The number of hydrogen-bond donors (Lipinski definition) is 1. The van der Waals surface area contributed by atoms with Gasteiger partial charge in [0.25, 0.3) is 0 Å². The third-order valence-electron chi connectivity index (χ3n) is 5.71. The summed E-state index contributed by atoms with van der Waals surface area (Å²) in [7, 11) is 0. The number of fused-ring (bicyclic) bond motifs is 1. The summed E-state index contributed by atoms with van der Waals surface area (Å²) in [6.45, 7) is 7.72. The maximum atomic E-state index is 12.6. The van der Waals surface area contributed by atoms with Crippen LogP contribution in [0.2, 0.25) is 0 Å². The van der Waals surface area contributed by atoms with Gasteiger partial charge >= 0.3 is 0 Å². The van der Waals surface area contributed by atoms with Gasteiger partial charge in [0.2, 0.25) is 5.91 Å². The van der Waals surface area contributed by atoms with Crippen molar-refractivity contribution < 1.29 is 14.3 Å². The van der Waals surface area contributed by atoms with E-state index >= 15 is 0 Å². The third-order valence-corrected chi connectivity index (χ3v) is 5.71. The van der Waals surface area contributed by atoms with Crippen LogP contribution in [0.5, 0.6) is 5.75 Å². The van der Waals surface area contributed by atoms with Gasteiger partial charge in [-0.15, -0.1) is 0 Å². The summed E-state index contributed by atoms with van der Waals surface area (Å²) in [5.74, 6) is 0.793. The van der Waals surface area contributed by atoms with Gasteiger partial charge < -0.3 is 10.1 Å². The highest BCUT2D eigenvalue weighted by Gasteiger charge is 2.25. The highest BCUT2D eigenvalue weighted by atomic mass is 16.5. The number of ketones is 1. The van der Waals surface area contributed by atoms with Crippen molar-refractivity contribution in [3.8, 4) is 16.9 Å². The monoisotopic (exact) mass is 417 g/mol. The van der Waals surface area contributed by atoms with Crippen molar-refractivity contribution in [3.05, 3.63) is 71.0 Å². The van der Waals surface area contributed by atoms with Crippen molar-refractivity contribution in [2.45, 2.75) is 46.3 Å². The first-order valence-electron chi connectivity index (χ1n) is 10.5. The topological polar surface area (TPSA) is 73.2 Å². The van der Waals surface area contributed by atoms with Crippen molar-refractivity contribution in [2.75, 3.05) is 6.54 Å². The van der Waals surface area contributed by atoms with Crippen LogP contribution >= 0.6 is 0 Å². The number of ether oxygens (including phenoxy) is 1. The first kappa shape index (κ1) is 20.8. The average molecular weight is 418 g/mol. The number of hydrogen-bond acceptors (Lipinski definition) is 4. The quantitative estimate of drug-likeness (QED) is 0.614. The molecule has 0 spiro atoms. The highest BCUT2D eigenvalue weighted by Crippen LogP contribution is 2.34. The van der Waals surface area contributed by atoms with E-state index < -0.39 is 0 Å². The Morgan fingerprint density at radius 2 is 1.97 bits per heavy atom. The zero-order chi connectivity index (χ0) is 22.1. The number of Topliss-reactive ketones (excluding diaryl/α,β-unsaturated/α-hetero) is 1. The Bertz CT molecular complexity index is 1150. The first-order valence-corrected chi connectivity index (χ1v) is 10.5. The predicted molar refractivity (Wildman–Crippen MR) is 119 cm³/mol. The summed E-state index contributed by atoms with van der Waals surface area (Å²) in [5.41, 5.74) is 5.58. The second kappa shape index (κ2) is 8.38. The van der Waals surface area contributed by atoms with Crippen LogP contribution in [0.1, 0.15) is 47.2 Å². The molecule has 4 rings (SSSR count). The minimum Gasteiger partial charge on any atom is -0.488 e. The molecule has 31 heavy (non-hydrogen) atoms. The van der Waals surface area contributed by atoms with Gasteiger partial charge in [-0.3, -0.25) is 14.3 Å². The zero-order valence-corrected chi connectivity index (χ0v) is 18.3. The Morgan fingerprint density at radius 1 is 1.19 bits per heavy atom. The molecule has 0 radical (unpaired) electrons. The number of rotatable bonds is 6. The Kier molecular flexibility index (Phi) is 5.63. The summed E-state index contributed by atoms with van der Waals surface area (Å²) in [6.07, 6.45) is 0.588. The molecule has 1 N–H and O–H groups in total. The molecule has 0 bridgehead atoms. The SMILES string of the molecule is CC(=O)c1ccccc1-c1ccc2c(c1)C[C@H](CNC(=O)[C@@H](C)n1nc(C)cc1C)O2. The van der Waals surface area contributed by atoms with Crippen molar-refractivity contribution >= 4 is 11.7 Å². The van der Waals surface area contributed by atoms with Crippen LogP contribution in [0.25, 0.3) is 11.1 Å². The maximum absolute atomic E-state index is 12.6. The highest BCUT2D eigenvalue weighted by molar-refractivity contribution is 6.00. The smallest absolute Gasteiger partial charge is 0.244 e. The first-order chi connectivity index (χ1) is 14.8. The summed E-state index contributed by atoms with van der Waals surface area (Å²) in [6, 6.07) is 15.2. The van der Waals surface area contributed by atoms with Gasteiger partial charge in [0.1, 0.15) is 17.9 Å². The minimum atomic E-state index is -0.382. The van der Waals surface area contributed by atoms with Crippen LogP contribution < -0.4 is 10.1 Å². The predicted octanol–water partition coefficient (Wildman–Crippen LogP) is 4.05. The third kappa shape index (κ3) is 4.24. The molecule has 1 aromatic heterocycles. The van der Waals surface area contributed by atoms with Gasteiger partial charge in [-0.1, -0.05) is 30.3 Å². The lowest BCUT2D eigenvalue weighted by molar-refractivity contribution is -0.124. The molecule has 0 fully saturated rings. The molecule has 0 saturated heterocycles. The molecule has 1 amide bonds. The summed E-state index contributed by atoms with van der Waals surface area (Å²) in [5, 5.41) is 7.40. The lowest BCUT2D eigenvalue weighted by atomic mass is 9.95. The minimum absolute atomic E-state index is 0.0460. The van der Waals surface area contributed by atoms with Crippen LogP contribution in [0, 0.1) is 13.8 Å². The van der Waals surface area contributed by atoms with Gasteiger partial charge in [-0.2, -0.15) is 5.10 Å². The Balaban J connectivity index is 1.42. The van der Waals surface area contributed by atoms with Crippen molar-refractivity contribution in [2.24, 2.45) is 0 Å². The average Bonchev–Trinajstić information content (AvgIpc) is 3.32. The number of nitrogens with one attached hydrogen (secondary N) is 1.